The van der Waals surface area contributed by atoms with E-state index in [1.807, 2.05) is 6.07 Å². The van der Waals surface area contributed by atoms with Crippen LogP contribution in [0.4, 0.5) is 10.1 Å². The zero-order chi connectivity index (χ0) is 15.2. The molecular weight excluding hydrogens is 293 g/mol. The number of aryl methyl sites for hydroxylation is 1. The fourth-order valence-electron chi connectivity index (χ4n) is 2.00. The molecule has 5 heteroatoms. The van der Waals surface area contributed by atoms with Crippen LogP contribution < -0.4 is 5.32 Å². The van der Waals surface area contributed by atoms with Gasteiger partial charge in [-0.05, 0) is 42.7 Å². The van der Waals surface area contributed by atoms with Crippen LogP contribution in [0.15, 0.2) is 42.5 Å². The highest BCUT2D eigenvalue weighted by Crippen LogP contribution is 2.21. The fraction of sp³-hybridized carbons (Fsp3) is 0.188. The number of carbonyl (C=O) groups excluding carboxylic acids is 1. The smallest absolute Gasteiger partial charge is 0.260 e. The summed E-state index contributed by atoms with van der Waals surface area (Å²) in [6, 6.07) is 11.3. The Morgan fingerprint density at radius 3 is 2.71 bits per heavy atom. The first kappa shape index (κ1) is 15.5. The van der Waals surface area contributed by atoms with Gasteiger partial charge in [0.1, 0.15) is 5.82 Å². The Balaban J connectivity index is 2.16. The molecule has 2 N–H and O–H groups in total. The van der Waals surface area contributed by atoms with Crippen molar-refractivity contribution >= 4 is 23.2 Å². The highest BCUT2D eigenvalue weighted by atomic mass is 35.5. The first-order chi connectivity index (χ1) is 10.1. The lowest BCUT2D eigenvalue weighted by molar-refractivity contribution is 0.102. The van der Waals surface area contributed by atoms with Gasteiger partial charge < -0.3 is 10.4 Å². The zero-order valence-electron chi connectivity index (χ0n) is 11.3. The molecule has 0 spiro atoms. The van der Waals surface area contributed by atoms with Gasteiger partial charge in [-0.1, -0.05) is 29.8 Å². The summed E-state index contributed by atoms with van der Waals surface area (Å²) in [5.74, 6) is -1.24. The van der Waals surface area contributed by atoms with Crippen LogP contribution in [0.3, 0.4) is 0 Å². The largest absolute Gasteiger partial charge is 0.396 e. The van der Waals surface area contributed by atoms with E-state index in [0.29, 0.717) is 18.5 Å². The Labute approximate surface area is 127 Å². The lowest BCUT2D eigenvalue weighted by atomic mass is 10.1. The van der Waals surface area contributed by atoms with Gasteiger partial charge in [-0.15, -0.1) is 0 Å². The number of amides is 1. The molecule has 0 aliphatic carbocycles. The van der Waals surface area contributed by atoms with Crippen molar-refractivity contribution in [2.45, 2.75) is 12.8 Å². The van der Waals surface area contributed by atoms with Gasteiger partial charge in [0, 0.05) is 12.3 Å². The zero-order valence-corrected chi connectivity index (χ0v) is 12.0. The predicted molar refractivity (Wildman–Crippen MR) is 81.2 cm³/mol. The van der Waals surface area contributed by atoms with Gasteiger partial charge in [0.2, 0.25) is 0 Å². The molecule has 0 bridgehead atoms. The van der Waals surface area contributed by atoms with Crippen molar-refractivity contribution in [3.8, 4) is 0 Å². The van der Waals surface area contributed by atoms with Crippen LogP contribution in [0.2, 0.25) is 5.02 Å². The van der Waals surface area contributed by atoms with E-state index in [1.165, 1.54) is 18.2 Å². The second kappa shape index (κ2) is 7.20. The molecule has 0 radical (unpaired) electrons. The second-order valence-electron chi connectivity index (χ2n) is 4.58. The fourth-order valence-corrected chi connectivity index (χ4v) is 2.24. The maximum Gasteiger partial charge on any atom is 0.260 e. The Morgan fingerprint density at radius 2 is 2.00 bits per heavy atom. The van der Waals surface area contributed by atoms with E-state index in [0.717, 1.165) is 5.56 Å². The standard InChI is InChI=1S/C16H15ClFNO2/c17-13-7-2-8-14(18)15(13)16(21)19-12-6-1-4-11(10-12)5-3-9-20/h1-2,4,6-8,10,20H,3,5,9H2,(H,19,21). The van der Waals surface area contributed by atoms with Crippen molar-refractivity contribution in [1.82, 2.24) is 0 Å². The molecule has 0 atom stereocenters. The van der Waals surface area contributed by atoms with Crippen molar-refractivity contribution in [2.24, 2.45) is 0 Å². The highest BCUT2D eigenvalue weighted by Gasteiger charge is 2.15. The molecule has 0 aromatic heterocycles. The normalized spacial score (nSPS) is 10.4. The van der Waals surface area contributed by atoms with Crippen molar-refractivity contribution < 1.29 is 14.3 Å². The molecule has 2 aromatic rings. The maximum absolute atomic E-state index is 13.7. The average Bonchev–Trinajstić information content (AvgIpc) is 2.45. The first-order valence-corrected chi connectivity index (χ1v) is 6.95. The van der Waals surface area contributed by atoms with Gasteiger partial charge >= 0.3 is 0 Å². The van der Waals surface area contributed by atoms with Gasteiger partial charge in [-0.2, -0.15) is 0 Å². The molecule has 1 amide bonds. The molecular formula is C16H15ClFNO2. The van der Waals surface area contributed by atoms with Gasteiger partial charge in [-0.25, -0.2) is 4.39 Å². The Hall–Kier alpha value is -1.91. The van der Waals surface area contributed by atoms with Crippen molar-refractivity contribution in [3.63, 3.8) is 0 Å². The van der Waals surface area contributed by atoms with Crippen molar-refractivity contribution in [1.29, 1.82) is 0 Å². The van der Waals surface area contributed by atoms with Gasteiger partial charge in [0.25, 0.3) is 5.91 Å². The lowest BCUT2D eigenvalue weighted by Crippen LogP contribution is -2.14. The van der Waals surface area contributed by atoms with E-state index in [9.17, 15) is 9.18 Å². The molecule has 0 aliphatic heterocycles. The topological polar surface area (TPSA) is 49.3 Å². The van der Waals surface area contributed by atoms with Gasteiger partial charge in [0.05, 0.1) is 10.6 Å². The number of benzene rings is 2. The minimum Gasteiger partial charge on any atom is -0.396 e. The number of hydrogen-bond donors (Lipinski definition) is 2. The number of anilines is 1. The molecule has 0 unspecified atom stereocenters. The summed E-state index contributed by atoms with van der Waals surface area (Å²) >= 11 is 5.86. The molecule has 0 saturated heterocycles. The molecule has 21 heavy (non-hydrogen) atoms. The minimum atomic E-state index is -0.656. The molecule has 0 heterocycles. The minimum absolute atomic E-state index is 0.0731. The third-order valence-corrected chi connectivity index (χ3v) is 3.31. The van der Waals surface area contributed by atoms with Crippen LogP contribution in [-0.2, 0) is 6.42 Å². The molecule has 0 saturated carbocycles. The number of carbonyl (C=O) groups is 1. The van der Waals surface area contributed by atoms with E-state index in [4.69, 9.17) is 16.7 Å². The van der Waals surface area contributed by atoms with Crippen molar-refractivity contribution in [2.75, 3.05) is 11.9 Å². The quantitative estimate of drug-likeness (QED) is 0.885. The molecule has 0 aliphatic rings. The van der Waals surface area contributed by atoms with Gasteiger partial charge in [0.15, 0.2) is 0 Å². The highest BCUT2D eigenvalue weighted by molar-refractivity contribution is 6.34. The summed E-state index contributed by atoms with van der Waals surface area (Å²) < 4.78 is 13.7. The van der Waals surface area contributed by atoms with Crippen LogP contribution in [-0.4, -0.2) is 17.6 Å². The summed E-state index contributed by atoms with van der Waals surface area (Å²) in [4.78, 5) is 12.1. The van der Waals surface area contributed by atoms with Crippen molar-refractivity contribution in [3.05, 3.63) is 64.4 Å². The predicted octanol–water partition coefficient (Wildman–Crippen LogP) is 3.66. The Morgan fingerprint density at radius 1 is 1.24 bits per heavy atom. The monoisotopic (exact) mass is 307 g/mol. The third kappa shape index (κ3) is 4.03. The number of hydrogen-bond acceptors (Lipinski definition) is 2. The van der Waals surface area contributed by atoms with E-state index in [-0.39, 0.29) is 17.2 Å². The molecule has 2 aromatic carbocycles. The summed E-state index contributed by atoms with van der Waals surface area (Å²) in [5.41, 5.74) is 1.39. The number of nitrogens with one attached hydrogen (secondary N) is 1. The molecule has 0 fully saturated rings. The number of halogens is 2. The molecule has 2 rings (SSSR count). The number of rotatable bonds is 5. The lowest BCUT2D eigenvalue weighted by Gasteiger charge is -2.09. The second-order valence-corrected chi connectivity index (χ2v) is 4.99. The van der Waals surface area contributed by atoms with Crippen LogP contribution in [0, 0.1) is 5.82 Å². The molecule has 3 nitrogen and oxygen atoms in total. The third-order valence-electron chi connectivity index (χ3n) is 3.00. The summed E-state index contributed by atoms with van der Waals surface area (Å²) in [6.07, 6.45) is 1.36. The van der Waals surface area contributed by atoms with Crippen LogP contribution in [0.1, 0.15) is 22.3 Å². The average molecular weight is 308 g/mol. The first-order valence-electron chi connectivity index (χ1n) is 6.57. The van der Waals surface area contributed by atoms with Gasteiger partial charge in [-0.3, -0.25) is 4.79 Å². The van der Waals surface area contributed by atoms with Crippen LogP contribution in [0.5, 0.6) is 0 Å². The van der Waals surface area contributed by atoms with E-state index >= 15 is 0 Å². The van der Waals surface area contributed by atoms with E-state index in [2.05, 4.69) is 5.32 Å². The number of aliphatic hydroxyl groups excluding tert-OH is 1. The maximum atomic E-state index is 13.7. The van der Waals surface area contributed by atoms with E-state index in [1.54, 1.807) is 18.2 Å². The molecule has 110 valence electrons. The summed E-state index contributed by atoms with van der Waals surface area (Å²) in [5, 5.41) is 11.5. The van der Waals surface area contributed by atoms with Crippen LogP contribution >= 0.6 is 11.6 Å². The Kier molecular flexibility index (Phi) is 5.31. The number of aliphatic hydroxyl groups is 1. The summed E-state index contributed by atoms with van der Waals surface area (Å²) in [7, 11) is 0. The Bertz CT molecular complexity index is 626. The van der Waals surface area contributed by atoms with E-state index < -0.39 is 11.7 Å². The SMILES string of the molecule is O=C(Nc1cccc(CCCO)c1)c1c(F)cccc1Cl. The summed E-state index contributed by atoms with van der Waals surface area (Å²) in [6.45, 7) is 0.113. The van der Waals surface area contributed by atoms with Crippen LogP contribution in [0.25, 0.3) is 0 Å².